The van der Waals surface area contributed by atoms with Crippen molar-refractivity contribution in [2.75, 3.05) is 17.7 Å². The van der Waals surface area contributed by atoms with E-state index in [1.807, 2.05) is 0 Å². The van der Waals surface area contributed by atoms with Crippen LogP contribution in [0.3, 0.4) is 0 Å². The fourth-order valence-corrected chi connectivity index (χ4v) is 2.01. The molecule has 120 valence electrons. The first-order chi connectivity index (χ1) is 11.0. The van der Waals surface area contributed by atoms with Gasteiger partial charge in [0.2, 0.25) is 5.91 Å². The Morgan fingerprint density at radius 1 is 1.09 bits per heavy atom. The fraction of sp³-hybridized carbons (Fsp3) is 0.176. The molecule has 0 aliphatic carbocycles. The molecule has 0 aliphatic heterocycles. The lowest BCUT2D eigenvalue weighted by Gasteiger charge is -2.16. The first kappa shape index (κ1) is 16.5. The van der Waals surface area contributed by atoms with Crippen molar-refractivity contribution < 1.29 is 14.0 Å². The van der Waals surface area contributed by atoms with Crippen molar-refractivity contribution in [3.05, 3.63) is 59.9 Å². The normalized spacial score (nSPS) is 11.4. The summed E-state index contributed by atoms with van der Waals surface area (Å²) in [7, 11) is 1.55. The molecule has 0 aliphatic rings. The van der Waals surface area contributed by atoms with Crippen molar-refractivity contribution in [1.29, 1.82) is 0 Å². The lowest BCUT2D eigenvalue weighted by atomic mass is 10.1. The van der Waals surface area contributed by atoms with Crippen LogP contribution < -0.4 is 16.0 Å². The second-order valence-corrected chi connectivity index (χ2v) is 5.00. The average Bonchev–Trinajstić information content (AvgIpc) is 2.56. The van der Waals surface area contributed by atoms with Gasteiger partial charge in [-0.05, 0) is 37.3 Å². The van der Waals surface area contributed by atoms with E-state index in [0.29, 0.717) is 11.3 Å². The zero-order valence-corrected chi connectivity index (χ0v) is 12.9. The van der Waals surface area contributed by atoms with Crippen LogP contribution in [0.2, 0.25) is 0 Å². The van der Waals surface area contributed by atoms with E-state index in [0.717, 1.165) is 0 Å². The van der Waals surface area contributed by atoms with E-state index in [4.69, 9.17) is 0 Å². The van der Waals surface area contributed by atoms with Crippen LogP contribution in [-0.4, -0.2) is 24.9 Å². The topological polar surface area (TPSA) is 70.2 Å². The minimum Gasteiger partial charge on any atom is -0.374 e. The van der Waals surface area contributed by atoms with Gasteiger partial charge < -0.3 is 16.0 Å². The summed E-state index contributed by atoms with van der Waals surface area (Å²) in [6, 6.07) is 12.1. The van der Waals surface area contributed by atoms with Crippen molar-refractivity contribution in [3.63, 3.8) is 0 Å². The van der Waals surface area contributed by atoms with E-state index in [1.54, 1.807) is 50.4 Å². The first-order valence-corrected chi connectivity index (χ1v) is 7.15. The van der Waals surface area contributed by atoms with Gasteiger partial charge in [-0.25, -0.2) is 4.39 Å². The van der Waals surface area contributed by atoms with Crippen LogP contribution in [0.15, 0.2) is 48.5 Å². The summed E-state index contributed by atoms with van der Waals surface area (Å²) in [5.41, 5.74) is 1.24. The van der Waals surface area contributed by atoms with E-state index < -0.39 is 11.9 Å². The Hall–Kier alpha value is -2.89. The van der Waals surface area contributed by atoms with Gasteiger partial charge in [0.25, 0.3) is 5.91 Å². The Kier molecular flexibility index (Phi) is 5.30. The molecular formula is C17H18FN3O2. The van der Waals surface area contributed by atoms with Crippen LogP contribution in [0.5, 0.6) is 0 Å². The van der Waals surface area contributed by atoms with Crippen LogP contribution in [-0.2, 0) is 4.79 Å². The van der Waals surface area contributed by atoms with Gasteiger partial charge in [0.15, 0.2) is 0 Å². The highest BCUT2D eigenvalue weighted by Gasteiger charge is 2.15. The van der Waals surface area contributed by atoms with Gasteiger partial charge in [-0.2, -0.15) is 0 Å². The van der Waals surface area contributed by atoms with Crippen molar-refractivity contribution in [2.45, 2.75) is 13.0 Å². The molecule has 3 N–H and O–H groups in total. The molecular weight excluding hydrogens is 297 g/mol. The van der Waals surface area contributed by atoms with Crippen molar-refractivity contribution in [1.82, 2.24) is 5.32 Å². The number of anilines is 2. The summed E-state index contributed by atoms with van der Waals surface area (Å²) in [6.07, 6.45) is 0. The third-order valence-electron chi connectivity index (χ3n) is 3.26. The van der Waals surface area contributed by atoms with E-state index in [-0.39, 0.29) is 17.5 Å². The highest BCUT2D eigenvalue weighted by atomic mass is 19.1. The predicted molar refractivity (Wildman–Crippen MR) is 87.9 cm³/mol. The van der Waals surface area contributed by atoms with E-state index in [2.05, 4.69) is 16.0 Å². The standard InChI is InChI=1S/C17H18FN3O2/c1-11(16(22)21-15-9-4-3-8-14(15)18)20-13-7-5-6-12(10-13)17(23)19-2/h3-11,20H,1-2H3,(H,19,23)(H,21,22)/t11-/m0/s1. The molecule has 2 aromatic carbocycles. The van der Waals surface area contributed by atoms with Crippen LogP contribution in [0.4, 0.5) is 15.8 Å². The maximum absolute atomic E-state index is 13.5. The zero-order chi connectivity index (χ0) is 16.8. The number of benzene rings is 2. The highest BCUT2D eigenvalue weighted by Crippen LogP contribution is 2.15. The summed E-state index contributed by atoms with van der Waals surface area (Å²) in [5.74, 6) is -1.08. The number of amides is 2. The quantitative estimate of drug-likeness (QED) is 0.794. The molecule has 23 heavy (non-hydrogen) atoms. The summed E-state index contributed by atoms with van der Waals surface area (Å²) in [6.45, 7) is 1.66. The SMILES string of the molecule is CNC(=O)c1cccc(N[C@@H](C)C(=O)Nc2ccccc2F)c1. The first-order valence-electron chi connectivity index (χ1n) is 7.15. The van der Waals surface area contributed by atoms with E-state index in [9.17, 15) is 14.0 Å². The molecule has 0 saturated heterocycles. The maximum Gasteiger partial charge on any atom is 0.251 e. The van der Waals surface area contributed by atoms with E-state index >= 15 is 0 Å². The van der Waals surface area contributed by atoms with Crippen molar-refractivity contribution in [3.8, 4) is 0 Å². The molecule has 0 radical (unpaired) electrons. The number of halogens is 1. The van der Waals surface area contributed by atoms with Gasteiger partial charge in [0.05, 0.1) is 5.69 Å². The summed E-state index contributed by atoms with van der Waals surface area (Å²) in [4.78, 5) is 23.7. The molecule has 0 aromatic heterocycles. The molecule has 5 nitrogen and oxygen atoms in total. The fourth-order valence-electron chi connectivity index (χ4n) is 2.01. The summed E-state index contributed by atoms with van der Waals surface area (Å²) in [5, 5.41) is 8.05. The van der Waals surface area contributed by atoms with Gasteiger partial charge in [0, 0.05) is 18.3 Å². The van der Waals surface area contributed by atoms with Gasteiger partial charge in [0.1, 0.15) is 11.9 Å². The molecule has 0 unspecified atom stereocenters. The molecule has 0 spiro atoms. The van der Waals surface area contributed by atoms with Crippen LogP contribution in [0.1, 0.15) is 17.3 Å². The average molecular weight is 315 g/mol. The molecule has 6 heteroatoms. The molecule has 0 fully saturated rings. The number of carbonyl (C=O) groups is 2. The molecule has 2 aromatic rings. The zero-order valence-electron chi connectivity index (χ0n) is 12.9. The Labute approximate surface area is 133 Å². The second kappa shape index (κ2) is 7.40. The van der Waals surface area contributed by atoms with Gasteiger partial charge in [-0.15, -0.1) is 0 Å². The highest BCUT2D eigenvalue weighted by molar-refractivity contribution is 5.97. The second-order valence-electron chi connectivity index (χ2n) is 5.00. The number of carbonyl (C=O) groups excluding carboxylic acids is 2. The largest absolute Gasteiger partial charge is 0.374 e. The number of rotatable bonds is 5. The molecule has 2 rings (SSSR count). The van der Waals surface area contributed by atoms with Crippen LogP contribution in [0.25, 0.3) is 0 Å². The summed E-state index contributed by atoms with van der Waals surface area (Å²) >= 11 is 0. The Morgan fingerprint density at radius 3 is 2.52 bits per heavy atom. The van der Waals surface area contributed by atoms with Crippen LogP contribution >= 0.6 is 0 Å². The Bertz CT molecular complexity index is 718. The number of hydrogen-bond donors (Lipinski definition) is 3. The molecule has 0 bridgehead atoms. The maximum atomic E-state index is 13.5. The Morgan fingerprint density at radius 2 is 1.83 bits per heavy atom. The monoisotopic (exact) mass is 315 g/mol. The molecule has 0 saturated carbocycles. The molecule has 1 atom stereocenters. The van der Waals surface area contributed by atoms with Gasteiger partial charge in [-0.1, -0.05) is 18.2 Å². The van der Waals surface area contributed by atoms with Crippen molar-refractivity contribution >= 4 is 23.2 Å². The van der Waals surface area contributed by atoms with Crippen LogP contribution in [0, 0.1) is 5.82 Å². The smallest absolute Gasteiger partial charge is 0.251 e. The third kappa shape index (κ3) is 4.29. The lowest BCUT2D eigenvalue weighted by Crippen LogP contribution is -2.32. The Balaban J connectivity index is 2.04. The number of hydrogen-bond acceptors (Lipinski definition) is 3. The minimum atomic E-state index is -0.602. The number of para-hydroxylation sites is 1. The van der Waals surface area contributed by atoms with Gasteiger partial charge >= 0.3 is 0 Å². The van der Waals surface area contributed by atoms with E-state index in [1.165, 1.54) is 12.1 Å². The third-order valence-corrected chi connectivity index (χ3v) is 3.26. The lowest BCUT2D eigenvalue weighted by molar-refractivity contribution is -0.116. The van der Waals surface area contributed by atoms with Gasteiger partial charge in [-0.3, -0.25) is 9.59 Å². The molecule has 2 amide bonds. The minimum absolute atomic E-state index is 0.130. The predicted octanol–water partition coefficient (Wildman–Crippen LogP) is 2.62. The number of nitrogens with one attached hydrogen (secondary N) is 3. The van der Waals surface area contributed by atoms with Crippen molar-refractivity contribution in [2.24, 2.45) is 0 Å². The summed E-state index contributed by atoms with van der Waals surface area (Å²) < 4.78 is 13.5. The molecule has 0 heterocycles.